The third kappa shape index (κ3) is 5.03. The summed E-state index contributed by atoms with van der Waals surface area (Å²) in [6.45, 7) is 6.32. The summed E-state index contributed by atoms with van der Waals surface area (Å²) >= 11 is 0. The summed E-state index contributed by atoms with van der Waals surface area (Å²) < 4.78 is 5.05. The number of nitrogens with zero attached hydrogens (tertiary/aromatic N) is 1. The van der Waals surface area contributed by atoms with Gasteiger partial charge in [0, 0.05) is 5.69 Å². The predicted octanol–water partition coefficient (Wildman–Crippen LogP) is 3.15. The van der Waals surface area contributed by atoms with Crippen molar-refractivity contribution in [1.82, 2.24) is 0 Å². The molecule has 17 heavy (non-hydrogen) atoms. The number of anilines is 1. The fourth-order valence-corrected chi connectivity index (χ4v) is 1.06. The average molecular weight is 232 g/mol. The zero-order valence-electron chi connectivity index (χ0n) is 10.3. The Balaban J connectivity index is 2.48. The maximum atomic E-state index is 11.4. The Hall–Kier alpha value is -2.02. The number of carbonyl (C=O) groups excluding carboxylic acids is 1. The third-order valence-electron chi connectivity index (χ3n) is 1.90. The van der Waals surface area contributed by atoms with Crippen LogP contribution in [0.5, 0.6) is 0 Å². The molecule has 0 bridgehead atoms. The van der Waals surface area contributed by atoms with Crippen LogP contribution >= 0.6 is 0 Å². The first kappa shape index (κ1) is 13.0. The van der Waals surface area contributed by atoms with E-state index in [0.717, 1.165) is 0 Å². The lowest BCUT2D eigenvalue weighted by atomic mass is 9.99. The molecule has 4 heteroatoms. The monoisotopic (exact) mass is 232 g/mol. The van der Waals surface area contributed by atoms with Crippen LogP contribution in [0.3, 0.4) is 0 Å². The maximum absolute atomic E-state index is 11.4. The van der Waals surface area contributed by atoms with Crippen molar-refractivity contribution in [3.8, 4) is 6.07 Å². The summed E-state index contributed by atoms with van der Waals surface area (Å²) in [5, 5.41) is 11.2. The lowest BCUT2D eigenvalue weighted by Gasteiger charge is -2.17. The van der Waals surface area contributed by atoms with Crippen molar-refractivity contribution in [2.75, 3.05) is 11.9 Å². The van der Waals surface area contributed by atoms with Crippen molar-refractivity contribution >= 4 is 11.8 Å². The van der Waals surface area contributed by atoms with Gasteiger partial charge in [0.2, 0.25) is 0 Å². The first-order chi connectivity index (χ1) is 7.90. The van der Waals surface area contributed by atoms with Crippen LogP contribution < -0.4 is 5.32 Å². The lowest BCUT2D eigenvalue weighted by molar-refractivity contribution is 0.118. The van der Waals surface area contributed by atoms with E-state index >= 15 is 0 Å². The van der Waals surface area contributed by atoms with E-state index in [1.165, 1.54) is 0 Å². The number of benzene rings is 1. The number of carbonyl (C=O) groups is 1. The first-order valence-electron chi connectivity index (χ1n) is 5.35. The standard InChI is InChI=1S/C13H16N2O2/c1-13(2,3)9-17-12(16)15-11-6-4-10(8-14)5-7-11/h4-7H,9H2,1-3H3,(H,15,16). The highest BCUT2D eigenvalue weighted by Gasteiger charge is 2.13. The summed E-state index contributed by atoms with van der Waals surface area (Å²) in [5.74, 6) is 0. The molecule has 1 aromatic carbocycles. The van der Waals surface area contributed by atoms with Gasteiger partial charge in [-0.05, 0) is 29.7 Å². The van der Waals surface area contributed by atoms with Crippen LogP contribution in [0, 0.1) is 16.7 Å². The van der Waals surface area contributed by atoms with Gasteiger partial charge in [-0.15, -0.1) is 0 Å². The number of amides is 1. The van der Waals surface area contributed by atoms with Gasteiger partial charge < -0.3 is 4.74 Å². The molecular weight excluding hydrogens is 216 g/mol. The zero-order valence-corrected chi connectivity index (χ0v) is 10.3. The molecule has 0 unspecified atom stereocenters. The molecule has 1 N–H and O–H groups in total. The van der Waals surface area contributed by atoms with Gasteiger partial charge in [0.1, 0.15) is 0 Å². The second kappa shape index (κ2) is 5.35. The fraction of sp³-hybridized carbons (Fsp3) is 0.385. The smallest absolute Gasteiger partial charge is 0.411 e. The van der Waals surface area contributed by atoms with E-state index in [9.17, 15) is 4.79 Å². The van der Waals surface area contributed by atoms with Crippen LogP contribution in [0.2, 0.25) is 0 Å². The van der Waals surface area contributed by atoms with E-state index in [4.69, 9.17) is 10.00 Å². The fourth-order valence-electron chi connectivity index (χ4n) is 1.06. The number of hydrogen-bond donors (Lipinski definition) is 1. The van der Waals surface area contributed by atoms with E-state index in [1.54, 1.807) is 24.3 Å². The van der Waals surface area contributed by atoms with Crippen molar-refractivity contribution in [1.29, 1.82) is 5.26 Å². The summed E-state index contributed by atoms with van der Waals surface area (Å²) in [7, 11) is 0. The van der Waals surface area contributed by atoms with Crippen molar-refractivity contribution in [2.45, 2.75) is 20.8 Å². The van der Waals surface area contributed by atoms with Gasteiger partial charge in [-0.1, -0.05) is 20.8 Å². The minimum atomic E-state index is -0.482. The van der Waals surface area contributed by atoms with Crippen LogP contribution in [0.25, 0.3) is 0 Å². The SMILES string of the molecule is CC(C)(C)COC(=O)Nc1ccc(C#N)cc1. The minimum absolute atomic E-state index is 0.0536. The van der Waals surface area contributed by atoms with Gasteiger partial charge >= 0.3 is 6.09 Å². The predicted molar refractivity (Wildman–Crippen MR) is 65.6 cm³/mol. The van der Waals surface area contributed by atoms with Crippen molar-refractivity contribution in [2.24, 2.45) is 5.41 Å². The average Bonchev–Trinajstić information content (AvgIpc) is 2.27. The number of nitrogens with one attached hydrogen (secondary N) is 1. The van der Waals surface area contributed by atoms with Crippen LogP contribution in [-0.2, 0) is 4.74 Å². The number of hydrogen-bond acceptors (Lipinski definition) is 3. The first-order valence-corrected chi connectivity index (χ1v) is 5.35. The molecule has 1 amide bonds. The summed E-state index contributed by atoms with van der Waals surface area (Å²) in [6, 6.07) is 8.61. The normalized spacial score (nSPS) is 10.5. The van der Waals surface area contributed by atoms with Crippen LogP contribution in [-0.4, -0.2) is 12.7 Å². The summed E-state index contributed by atoms with van der Waals surface area (Å²) in [4.78, 5) is 11.4. The van der Waals surface area contributed by atoms with Gasteiger partial charge in [-0.3, -0.25) is 5.32 Å². The highest BCUT2D eigenvalue weighted by Crippen LogP contribution is 2.14. The molecule has 4 nitrogen and oxygen atoms in total. The molecule has 90 valence electrons. The number of rotatable bonds is 2. The van der Waals surface area contributed by atoms with E-state index in [0.29, 0.717) is 17.9 Å². The van der Waals surface area contributed by atoms with E-state index in [1.807, 2.05) is 26.8 Å². The quantitative estimate of drug-likeness (QED) is 0.851. The largest absolute Gasteiger partial charge is 0.449 e. The Morgan fingerprint density at radius 2 is 1.94 bits per heavy atom. The zero-order chi connectivity index (χ0) is 12.9. The molecule has 1 aromatic rings. The van der Waals surface area contributed by atoms with Gasteiger partial charge in [0.25, 0.3) is 0 Å². The molecule has 0 aliphatic carbocycles. The summed E-state index contributed by atoms with van der Waals surface area (Å²) in [5.41, 5.74) is 1.11. The topological polar surface area (TPSA) is 62.1 Å². The second-order valence-electron chi connectivity index (χ2n) is 4.95. The molecule has 0 saturated carbocycles. The Morgan fingerprint density at radius 3 is 2.41 bits per heavy atom. The molecule has 0 aliphatic rings. The molecule has 0 saturated heterocycles. The molecule has 0 aromatic heterocycles. The Bertz CT molecular complexity index is 424. The van der Waals surface area contributed by atoms with Gasteiger partial charge in [0.05, 0.1) is 18.2 Å². The second-order valence-corrected chi connectivity index (χ2v) is 4.95. The highest BCUT2D eigenvalue weighted by atomic mass is 16.5. The highest BCUT2D eigenvalue weighted by molar-refractivity contribution is 5.84. The third-order valence-corrected chi connectivity index (χ3v) is 1.90. The van der Waals surface area contributed by atoms with Gasteiger partial charge in [0.15, 0.2) is 0 Å². The Labute approximate surface area is 101 Å². The molecule has 0 heterocycles. The summed E-state index contributed by atoms with van der Waals surface area (Å²) in [6.07, 6.45) is -0.482. The Kier molecular flexibility index (Phi) is 4.11. The van der Waals surface area contributed by atoms with Crippen molar-refractivity contribution in [3.05, 3.63) is 29.8 Å². The maximum Gasteiger partial charge on any atom is 0.411 e. The minimum Gasteiger partial charge on any atom is -0.449 e. The molecule has 0 radical (unpaired) electrons. The Morgan fingerprint density at radius 1 is 1.35 bits per heavy atom. The number of ether oxygens (including phenoxy) is 1. The molecule has 0 spiro atoms. The molecule has 0 fully saturated rings. The van der Waals surface area contributed by atoms with E-state index < -0.39 is 6.09 Å². The van der Waals surface area contributed by atoms with Crippen molar-refractivity contribution in [3.63, 3.8) is 0 Å². The number of nitriles is 1. The van der Waals surface area contributed by atoms with E-state index in [2.05, 4.69) is 5.32 Å². The molecule has 0 aliphatic heterocycles. The van der Waals surface area contributed by atoms with Crippen molar-refractivity contribution < 1.29 is 9.53 Å². The van der Waals surface area contributed by atoms with E-state index in [-0.39, 0.29) is 5.41 Å². The lowest BCUT2D eigenvalue weighted by Crippen LogP contribution is -2.21. The van der Waals surface area contributed by atoms with Crippen LogP contribution in [0.4, 0.5) is 10.5 Å². The van der Waals surface area contributed by atoms with Gasteiger partial charge in [-0.2, -0.15) is 5.26 Å². The van der Waals surface area contributed by atoms with Crippen LogP contribution in [0.15, 0.2) is 24.3 Å². The molecule has 0 atom stereocenters. The van der Waals surface area contributed by atoms with Crippen LogP contribution in [0.1, 0.15) is 26.3 Å². The molecular formula is C13H16N2O2. The molecule has 1 rings (SSSR count). The van der Waals surface area contributed by atoms with Gasteiger partial charge in [-0.25, -0.2) is 4.79 Å².